The van der Waals surface area contributed by atoms with Crippen molar-refractivity contribution in [1.82, 2.24) is 10.5 Å². The lowest BCUT2D eigenvalue weighted by Crippen LogP contribution is -2.40. The van der Waals surface area contributed by atoms with Gasteiger partial charge < -0.3 is 19.9 Å². The number of nitrogens with zero attached hydrogens (tertiary/aromatic N) is 1. The molecule has 8 nitrogen and oxygen atoms in total. The molecule has 28 heavy (non-hydrogen) atoms. The standard InChI is InChI=1S/C17H14BrClFN3O5/c1-17(26,7-24)28-23-15(25)8-4-11(20)14-13(5-8)27-16(22-14)21-12-3-2-9(18)6-10(12)19/h2-6,24,26H,7H2,1H3,(H,21,22)(H,23,25). The number of halogens is 3. The summed E-state index contributed by atoms with van der Waals surface area (Å²) in [5.74, 6) is -3.63. The van der Waals surface area contributed by atoms with Crippen molar-refractivity contribution in [2.24, 2.45) is 0 Å². The molecule has 0 bridgehead atoms. The summed E-state index contributed by atoms with van der Waals surface area (Å²) < 4.78 is 20.6. The second-order valence-corrected chi connectivity index (χ2v) is 7.26. The third kappa shape index (κ3) is 4.59. The average Bonchev–Trinajstić information content (AvgIpc) is 3.05. The summed E-state index contributed by atoms with van der Waals surface area (Å²) in [6.45, 7) is 0.384. The van der Waals surface area contributed by atoms with Gasteiger partial charge in [-0.05, 0) is 37.3 Å². The molecular formula is C17H14BrClFN3O5. The maximum absolute atomic E-state index is 14.3. The van der Waals surface area contributed by atoms with Crippen molar-refractivity contribution in [3.05, 3.63) is 51.2 Å². The Hall–Kier alpha value is -2.24. The normalized spacial score (nSPS) is 13.4. The highest BCUT2D eigenvalue weighted by molar-refractivity contribution is 9.10. The van der Waals surface area contributed by atoms with Gasteiger partial charge in [-0.25, -0.2) is 14.7 Å². The number of rotatable bonds is 6. The Morgan fingerprint density at radius 3 is 2.86 bits per heavy atom. The predicted octanol–water partition coefficient (Wildman–Crippen LogP) is 3.49. The summed E-state index contributed by atoms with van der Waals surface area (Å²) in [5.41, 5.74) is 2.21. The fraction of sp³-hybridized carbons (Fsp3) is 0.176. The summed E-state index contributed by atoms with van der Waals surface area (Å²) in [6.07, 6.45) is 0. The van der Waals surface area contributed by atoms with E-state index < -0.39 is 24.1 Å². The maximum atomic E-state index is 14.3. The number of hydrogen-bond donors (Lipinski definition) is 4. The largest absolute Gasteiger partial charge is 0.423 e. The smallest absolute Gasteiger partial charge is 0.300 e. The molecule has 1 unspecified atom stereocenters. The molecule has 1 aromatic heterocycles. The third-order valence-corrected chi connectivity index (χ3v) is 4.35. The Labute approximate surface area is 171 Å². The lowest BCUT2D eigenvalue weighted by molar-refractivity contribution is -0.235. The van der Waals surface area contributed by atoms with Crippen LogP contribution in [0.15, 0.2) is 39.2 Å². The number of aliphatic hydroxyl groups excluding tert-OH is 1. The summed E-state index contributed by atoms with van der Waals surface area (Å²) >= 11 is 9.41. The number of anilines is 2. The quantitative estimate of drug-likeness (QED) is 0.319. The molecule has 1 atom stereocenters. The van der Waals surface area contributed by atoms with Gasteiger partial charge in [0.25, 0.3) is 11.9 Å². The number of hydroxylamine groups is 1. The van der Waals surface area contributed by atoms with Gasteiger partial charge in [-0.3, -0.25) is 4.79 Å². The van der Waals surface area contributed by atoms with Gasteiger partial charge in [0.2, 0.25) is 5.79 Å². The lowest BCUT2D eigenvalue weighted by atomic mass is 10.2. The fourth-order valence-corrected chi connectivity index (χ4v) is 2.85. The van der Waals surface area contributed by atoms with Crippen LogP contribution in [0.4, 0.5) is 16.1 Å². The van der Waals surface area contributed by atoms with Crippen molar-refractivity contribution >= 4 is 56.2 Å². The van der Waals surface area contributed by atoms with Crippen LogP contribution in [0.1, 0.15) is 17.3 Å². The van der Waals surface area contributed by atoms with E-state index in [0.717, 1.165) is 17.5 Å². The number of fused-ring (bicyclic) bond motifs is 1. The molecule has 1 heterocycles. The van der Waals surface area contributed by atoms with E-state index in [1.165, 1.54) is 6.07 Å². The van der Waals surface area contributed by atoms with Crippen LogP contribution < -0.4 is 10.8 Å². The molecule has 4 N–H and O–H groups in total. The van der Waals surface area contributed by atoms with E-state index in [1.807, 2.05) is 5.48 Å². The van der Waals surface area contributed by atoms with Crippen molar-refractivity contribution in [2.75, 3.05) is 11.9 Å². The molecule has 0 spiro atoms. The minimum Gasteiger partial charge on any atom is -0.423 e. The van der Waals surface area contributed by atoms with E-state index >= 15 is 0 Å². The van der Waals surface area contributed by atoms with Crippen LogP contribution in [0.5, 0.6) is 0 Å². The van der Waals surface area contributed by atoms with Crippen molar-refractivity contribution in [3.8, 4) is 0 Å². The number of aliphatic hydroxyl groups is 2. The van der Waals surface area contributed by atoms with Gasteiger partial charge in [0.05, 0.1) is 17.3 Å². The highest BCUT2D eigenvalue weighted by Crippen LogP contribution is 2.30. The molecule has 0 saturated heterocycles. The first kappa shape index (κ1) is 20.5. The monoisotopic (exact) mass is 473 g/mol. The highest BCUT2D eigenvalue weighted by Gasteiger charge is 2.23. The summed E-state index contributed by atoms with van der Waals surface area (Å²) in [7, 11) is 0. The number of carbonyl (C=O) groups is 1. The van der Waals surface area contributed by atoms with Gasteiger partial charge >= 0.3 is 0 Å². The van der Waals surface area contributed by atoms with Crippen molar-refractivity contribution in [2.45, 2.75) is 12.7 Å². The van der Waals surface area contributed by atoms with E-state index in [1.54, 1.807) is 18.2 Å². The summed E-state index contributed by atoms with van der Waals surface area (Å²) in [6, 6.07) is 7.27. The number of carbonyl (C=O) groups excluding carboxylic acids is 1. The lowest BCUT2D eigenvalue weighted by Gasteiger charge is -2.20. The minimum absolute atomic E-state index is 0.00908. The molecule has 3 rings (SSSR count). The number of hydrogen-bond acceptors (Lipinski definition) is 7. The first-order valence-electron chi connectivity index (χ1n) is 7.82. The molecule has 0 aliphatic heterocycles. The van der Waals surface area contributed by atoms with Gasteiger partial charge in [-0.1, -0.05) is 27.5 Å². The molecule has 148 valence electrons. The fourth-order valence-electron chi connectivity index (χ4n) is 2.13. The zero-order valence-corrected chi connectivity index (χ0v) is 16.6. The van der Waals surface area contributed by atoms with E-state index in [0.29, 0.717) is 10.7 Å². The van der Waals surface area contributed by atoms with E-state index in [-0.39, 0.29) is 22.7 Å². The zero-order chi connectivity index (χ0) is 20.5. The summed E-state index contributed by atoms with van der Waals surface area (Å²) in [5, 5.41) is 21.6. The number of aromatic nitrogens is 1. The summed E-state index contributed by atoms with van der Waals surface area (Å²) in [4.78, 5) is 20.8. The molecular weight excluding hydrogens is 461 g/mol. The number of amides is 1. The van der Waals surface area contributed by atoms with Crippen LogP contribution in [0, 0.1) is 5.82 Å². The molecule has 3 aromatic rings. The Morgan fingerprint density at radius 2 is 2.18 bits per heavy atom. The molecule has 0 radical (unpaired) electrons. The molecule has 0 aliphatic rings. The third-order valence-electron chi connectivity index (χ3n) is 3.54. The van der Waals surface area contributed by atoms with E-state index in [9.17, 15) is 14.3 Å². The number of benzene rings is 2. The van der Waals surface area contributed by atoms with Crippen LogP contribution >= 0.6 is 27.5 Å². The maximum Gasteiger partial charge on any atom is 0.300 e. The van der Waals surface area contributed by atoms with E-state index in [4.69, 9.17) is 21.1 Å². The van der Waals surface area contributed by atoms with Crippen LogP contribution in [0.2, 0.25) is 5.02 Å². The molecule has 0 aliphatic carbocycles. The Kier molecular flexibility index (Phi) is 5.87. The van der Waals surface area contributed by atoms with Crippen LogP contribution in [-0.2, 0) is 4.84 Å². The van der Waals surface area contributed by atoms with Crippen molar-refractivity contribution < 1.29 is 28.7 Å². The number of nitrogens with one attached hydrogen (secondary N) is 2. The minimum atomic E-state index is -1.98. The number of oxazole rings is 1. The van der Waals surface area contributed by atoms with Crippen LogP contribution in [0.25, 0.3) is 11.1 Å². The van der Waals surface area contributed by atoms with Crippen molar-refractivity contribution in [3.63, 3.8) is 0 Å². The topological polar surface area (TPSA) is 117 Å². The zero-order valence-electron chi connectivity index (χ0n) is 14.3. The van der Waals surface area contributed by atoms with Gasteiger partial charge in [0.15, 0.2) is 11.4 Å². The molecule has 11 heteroatoms. The molecule has 1 amide bonds. The van der Waals surface area contributed by atoms with Crippen LogP contribution in [-0.4, -0.2) is 33.5 Å². The Morgan fingerprint density at radius 1 is 1.43 bits per heavy atom. The van der Waals surface area contributed by atoms with Gasteiger partial charge in [0, 0.05) is 10.0 Å². The molecule has 0 saturated carbocycles. The first-order valence-corrected chi connectivity index (χ1v) is 8.99. The van der Waals surface area contributed by atoms with Crippen LogP contribution in [0.3, 0.4) is 0 Å². The van der Waals surface area contributed by atoms with Gasteiger partial charge in [-0.2, -0.15) is 4.98 Å². The SMILES string of the molecule is CC(O)(CO)ONC(=O)c1cc(F)c2nc(Nc3ccc(Br)cc3Cl)oc2c1. The Balaban J connectivity index is 1.84. The van der Waals surface area contributed by atoms with E-state index in [2.05, 4.69) is 31.1 Å². The highest BCUT2D eigenvalue weighted by atomic mass is 79.9. The Bertz CT molecular complexity index is 1040. The second kappa shape index (κ2) is 8.02. The molecule has 0 fully saturated rings. The average molecular weight is 475 g/mol. The molecule has 2 aromatic carbocycles. The van der Waals surface area contributed by atoms with Crippen molar-refractivity contribution in [1.29, 1.82) is 0 Å². The van der Waals surface area contributed by atoms with Gasteiger partial charge in [0.1, 0.15) is 5.52 Å². The second-order valence-electron chi connectivity index (χ2n) is 5.94. The van der Waals surface area contributed by atoms with Gasteiger partial charge in [-0.15, -0.1) is 0 Å². The first-order chi connectivity index (χ1) is 13.2. The predicted molar refractivity (Wildman–Crippen MR) is 103 cm³/mol.